The van der Waals surface area contributed by atoms with Gasteiger partial charge in [0.05, 0.1) is 28.3 Å². The number of imidazole rings is 1. The fraction of sp³-hybridized carbons (Fsp3) is 0.118. The molecule has 0 radical (unpaired) electrons. The molecular formula is C17H12Cl2FN3O4S. The van der Waals surface area contributed by atoms with Crippen molar-refractivity contribution in [2.75, 3.05) is 5.75 Å². The minimum Gasteiger partial charge on any atom is -0.481 e. The highest BCUT2D eigenvalue weighted by Gasteiger charge is 2.20. The van der Waals surface area contributed by atoms with E-state index < -0.39 is 33.8 Å². The van der Waals surface area contributed by atoms with Crippen molar-refractivity contribution in [2.45, 2.75) is 11.3 Å². The summed E-state index contributed by atoms with van der Waals surface area (Å²) in [5, 5.41) is 8.89. The zero-order valence-corrected chi connectivity index (χ0v) is 16.3. The Morgan fingerprint density at radius 2 is 1.96 bits per heavy atom. The van der Waals surface area contributed by atoms with E-state index in [0.717, 1.165) is 6.20 Å². The maximum absolute atomic E-state index is 13.0. The number of hydrogen-bond donors (Lipinski definition) is 2. The van der Waals surface area contributed by atoms with Crippen LogP contribution in [-0.2, 0) is 14.6 Å². The third-order valence-corrected chi connectivity index (χ3v) is 6.07. The molecule has 0 fully saturated rings. The summed E-state index contributed by atoms with van der Waals surface area (Å²) in [4.78, 5) is 21.5. The van der Waals surface area contributed by atoms with Gasteiger partial charge in [0.25, 0.3) is 0 Å². The minimum atomic E-state index is -3.80. The van der Waals surface area contributed by atoms with Gasteiger partial charge in [0.1, 0.15) is 22.4 Å². The molecule has 0 unspecified atom stereocenters. The molecule has 0 amide bonds. The van der Waals surface area contributed by atoms with Gasteiger partial charge in [-0.05, 0) is 30.3 Å². The molecular weight excluding hydrogens is 432 g/mol. The van der Waals surface area contributed by atoms with Crippen LogP contribution in [0, 0.1) is 5.82 Å². The van der Waals surface area contributed by atoms with Crippen LogP contribution in [0.4, 0.5) is 4.39 Å². The first kappa shape index (κ1) is 20.2. The standard InChI is InChI=1S/C17H12Cl2FN3O4S/c18-12-7-10(28(26,27)6-5-14(24)25)2-3-11(12)15-16(19)23-17(22-15)13-4-1-9(20)8-21-13/h1-4,7-8H,5-6H2,(H,22,23)(H,24,25). The molecule has 3 rings (SSSR count). The Bertz CT molecular complexity index is 1150. The fourth-order valence-electron chi connectivity index (χ4n) is 2.39. The molecule has 1 aromatic carbocycles. The van der Waals surface area contributed by atoms with E-state index in [-0.39, 0.29) is 26.6 Å². The zero-order valence-electron chi connectivity index (χ0n) is 14.0. The largest absolute Gasteiger partial charge is 0.481 e. The summed E-state index contributed by atoms with van der Waals surface area (Å²) in [7, 11) is -3.80. The second-order valence-corrected chi connectivity index (χ2v) is 8.61. The van der Waals surface area contributed by atoms with Crippen LogP contribution >= 0.6 is 23.2 Å². The number of benzene rings is 1. The molecule has 0 aliphatic carbocycles. The number of rotatable bonds is 6. The van der Waals surface area contributed by atoms with E-state index >= 15 is 0 Å². The molecule has 0 saturated carbocycles. The van der Waals surface area contributed by atoms with Crippen molar-refractivity contribution in [3.05, 3.63) is 52.5 Å². The van der Waals surface area contributed by atoms with Crippen LogP contribution in [-0.4, -0.2) is 40.2 Å². The van der Waals surface area contributed by atoms with Crippen LogP contribution in [0.1, 0.15) is 6.42 Å². The second-order valence-electron chi connectivity index (χ2n) is 5.71. The van der Waals surface area contributed by atoms with E-state index in [0.29, 0.717) is 11.3 Å². The molecule has 28 heavy (non-hydrogen) atoms. The SMILES string of the molecule is O=C(O)CCS(=O)(=O)c1ccc(-c2nc(-c3ccc(F)cn3)[nH]c2Cl)c(Cl)c1. The molecule has 7 nitrogen and oxygen atoms in total. The van der Waals surface area contributed by atoms with Crippen LogP contribution in [0.15, 0.2) is 41.4 Å². The van der Waals surface area contributed by atoms with Gasteiger partial charge < -0.3 is 10.1 Å². The molecule has 3 aromatic rings. The maximum atomic E-state index is 13.0. The number of aromatic amines is 1. The van der Waals surface area contributed by atoms with Crippen LogP contribution < -0.4 is 0 Å². The highest BCUT2D eigenvalue weighted by Crippen LogP contribution is 2.35. The summed E-state index contributed by atoms with van der Waals surface area (Å²) < 4.78 is 37.4. The van der Waals surface area contributed by atoms with Gasteiger partial charge in [0.15, 0.2) is 15.7 Å². The molecule has 0 aliphatic heterocycles. The zero-order chi connectivity index (χ0) is 20.5. The smallest absolute Gasteiger partial charge is 0.304 e. The Hall–Kier alpha value is -2.49. The Labute approximate surface area is 169 Å². The number of sulfone groups is 1. The first-order valence-electron chi connectivity index (χ1n) is 7.79. The van der Waals surface area contributed by atoms with E-state index in [4.69, 9.17) is 28.3 Å². The predicted octanol–water partition coefficient (Wildman–Crippen LogP) is 3.83. The van der Waals surface area contributed by atoms with Crippen molar-refractivity contribution < 1.29 is 22.7 Å². The van der Waals surface area contributed by atoms with Crippen molar-refractivity contribution in [1.82, 2.24) is 15.0 Å². The van der Waals surface area contributed by atoms with Gasteiger partial charge in [-0.15, -0.1) is 0 Å². The van der Waals surface area contributed by atoms with Crippen LogP contribution in [0.3, 0.4) is 0 Å². The molecule has 0 bridgehead atoms. The first-order valence-corrected chi connectivity index (χ1v) is 10.2. The van der Waals surface area contributed by atoms with Crippen molar-refractivity contribution in [3.8, 4) is 22.8 Å². The van der Waals surface area contributed by atoms with E-state index in [2.05, 4.69) is 15.0 Å². The summed E-state index contributed by atoms with van der Waals surface area (Å²) in [5.74, 6) is -1.96. The molecule has 0 atom stereocenters. The van der Waals surface area contributed by atoms with Crippen molar-refractivity contribution in [2.24, 2.45) is 0 Å². The van der Waals surface area contributed by atoms with Gasteiger partial charge in [0, 0.05) is 5.56 Å². The number of carbonyl (C=O) groups is 1. The lowest BCUT2D eigenvalue weighted by Crippen LogP contribution is -2.11. The molecule has 0 aliphatic rings. The van der Waals surface area contributed by atoms with Crippen LogP contribution in [0.25, 0.3) is 22.8 Å². The highest BCUT2D eigenvalue weighted by atomic mass is 35.5. The number of nitrogens with one attached hydrogen (secondary N) is 1. The lowest BCUT2D eigenvalue weighted by Gasteiger charge is -2.07. The van der Waals surface area contributed by atoms with E-state index in [1.54, 1.807) is 0 Å². The topological polar surface area (TPSA) is 113 Å². The predicted molar refractivity (Wildman–Crippen MR) is 102 cm³/mol. The lowest BCUT2D eigenvalue weighted by molar-refractivity contribution is -0.136. The Kier molecular flexibility index (Phi) is 5.69. The first-order chi connectivity index (χ1) is 13.2. The van der Waals surface area contributed by atoms with Crippen molar-refractivity contribution >= 4 is 39.0 Å². The van der Waals surface area contributed by atoms with E-state index in [9.17, 15) is 17.6 Å². The Balaban J connectivity index is 1.95. The molecule has 11 heteroatoms. The molecule has 146 valence electrons. The van der Waals surface area contributed by atoms with Crippen LogP contribution in [0.5, 0.6) is 0 Å². The summed E-state index contributed by atoms with van der Waals surface area (Å²) >= 11 is 12.4. The van der Waals surface area contributed by atoms with Gasteiger partial charge in [-0.3, -0.25) is 4.79 Å². The quantitative estimate of drug-likeness (QED) is 0.598. The average molecular weight is 444 g/mol. The van der Waals surface area contributed by atoms with E-state index in [1.807, 2.05) is 0 Å². The number of halogens is 3. The number of carboxylic acid groups (broad SMARTS) is 1. The van der Waals surface area contributed by atoms with Gasteiger partial charge >= 0.3 is 5.97 Å². The van der Waals surface area contributed by atoms with Crippen LogP contribution in [0.2, 0.25) is 10.2 Å². The third-order valence-electron chi connectivity index (χ3n) is 3.77. The fourth-order valence-corrected chi connectivity index (χ4v) is 4.21. The lowest BCUT2D eigenvalue weighted by atomic mass is 10.2. The molecule has 2 N–H and O–H groups in total. The third kappa shape index (κ3) is 4.32. The molecule has 0 saturated heterocycles. The number of hydrogen-bond acceptors (Lipinski definition) is 5. The number of carboxylic acids is 1. The number of pyridine rings is 1. The van der Waals surface area contributed by atoms with Crippen molar-refractivity contribution in [3.63, 3.8) is 0 Å². The number of aliphatic carboxylic acids is 1. The normalized spacial score (nSPS) is 11.5. The summed E-state index contributed by atoms with van der Waals surface area (Å²) in [6, 6.07) is 6.60. The van der Waals surface area contributed by atoms with Gasteiger partial charge in [-0.1, -0.05) is 23.2 Å². The summed E-state index contributed by atoms with van der Waals surface area (Å²) in [5.41, 5.74) is 0.995. The average Bonchev–Trinajstić information content (AvgIpc) is 3.02. The summed E-state index contributed by atoms with van der Waals surface area (Å²) in [6.45, 7) is 0. The maximum Gasteiger partial charge on any atom is 0.304 e. The van der Waals surface area contributed by atoms with Crippen molar-refractivity contribution in [1.29, 1.82) is 0 Å². The summed E-state index contributed by atoms with van der Waals surface area (Å²) in [6.07, 6.45) is 0.524. The second kappa shape index (κ2) is 7.86. The van der Waals surface area contributed by atoms with Gasteiger partial charge in [-0.2, -0.15) is 0 Å². The Morgan fingerprint density at radius 1 is 1.21 bits per heavy atom. The monoisotopic (exact) mass is 443 g/mol. The number of nitrogens with zero attached hydrogens (tertiary/aromatic N) is 2. The molecule has 2 heterocycles. The highest BCUT2D eigenvalue weighted by molar-refractivity contribution is 7.91. The Morgan fingerprint density at radius 3 is 2.57 bits per heavy atom. The minimum absolute atomic E-state index is 0.0726. The molecule has 0 spiro atoms. The van der Waals surface area contributed by atoms with E-state index in [1.165, 1.54) is 30.3 Å². The number of aromatic nitrogens is 3. The van der Waals surface area contributed by atoms with Gasteiger partial charge in [-0.25, -0.2) is 22.8 Å². The number of H-pyrrole nitrogens is 1. The van der Waals surface area contributed by atoms with Gasteiger partial charge in [0.2, 0.25) is 0 Å². The molecule has 2 aromatic heterocycles.